The number of nitrogens with one attached hydrogen (secondary N) is 2. The Kier molecular flexibility index (Phi) is 4.57. The van der Waals surface area contributed by atoms with Gasteiger partial charge in [-0.3, -0.25) is 4.79 Å². The van der Waals surface area contributed by atoms with Crippen LogP contribution in [0.1, 0.15) is 15.9 Å². The van der Waals surface area contributed by atoms with Crippen LogP contribution >= 0.6 is 12.2 Å². The minimum atomic E-state index is -0.173. The van der Waals surface area contributed by atoms with Gasteiger partial charge in [0.25, 0.3) is 5.91 Å². The zero-order valence-corrected chi connectivity index (χ0v) is 15.6. The molecule has 0 unspecified atom stereocenters. The maximum Gasteiger partial charge on any atom is 0.256 e. The van der Waals surface area contributed by atoms with Gasteiger partial charge in [0.1, 0.15) is 5.82 Å². The summed E-state index contributed by atoms with van der Waals surface area (Å²) in [6.45, 7) is 2.00. The van der Waals surface area contributed by atoms with Gasteiger partial charge in [0.15, 0.2) is 0 Å². The zero-order chi connectivity index (χ0) is 18.8. The van der Waals surface area contributed by atoms with Gasteiger partial charge in [0, 0.05) is 22.0 Å². The first-order valence-corrected chi connectivity index (χ1v) is 9.13. The van der Waals surface area contributed by atoms with Crippen LogP contribution in [-0.4, -0.2) is 10.9 Å². The molecule has 4 aromatic rings. The van der Waals surface area contributed by atoms with Crippen molar-refractivity contribution in [2.75, 3.05) is 5.32 Å². The van der Waals surface area contributed by atoms with Crippen molar-refractivity contribution in [3.8, 4) is 11.1 Å². The van der Waals surface area contributed by atoms with Gasteiger partial charge in [-0.2, -0.15) is 0 Å². The van der Waals surface area contributed by atoms with Crippen LogP contribution in [0.15, 0.2) is 78.9 Å². The molecule has 0 spiro atoms. The van der Waals surface area contributed by atoms with Crippen molar-refractivity contribution in [2.24, 2.45) is 0 Å². The molecule has 0 saturated carbocycles. The smallest absolute Gasteiger partial charge is 0.256 e. The highest BCUT2D eigenvalue weighted by molar-refractivity contribution is 7.71. The van der Waals surface area contributed by atoms with Crippen LogP contribution in [0, 0.1) is 11.4 Å². The summed E-state index contributed by atoms with van der Waals surface area (Å²) in [5.74, 6) is 0.434. The molecule has 27 heavy (non-hydrogen) atoms. The first-order chi connectivity index (χ1) is 13.1. The number of amides is 1. The molecule has 0 radical (unpaired) electrons. The Balaban J connectivity index is 1.87. The van der Waals surface area contributed by atoms with E-state index in [1.165, 1.54) is 0 Å². The average molecular weight is 370 g/mol. The maximum absolute atomic E-state index is 12.8. The van der Waals surface area contributed by atoms with E-state index in [0.717, 1.165) is 32.1 Å². The van der Waals surface area contributed by atoms with Gasteiger partial charge >= 0.3 is 0 Å². The lowest BCUT2D eigenvalue weighted by Crippen LogP contribution is -2.14. The number of aromatic amines is 1. The van der Waals surface area contributed by atoms with Crippen LogP contribution in [-0.2, 0) is 0 Å². The number of H-pyrrole nitrogens is 1. The number of hydrogen-bond donors (Lipinski definition) is 2. The summed E-state index contributed by atoms with van der Waals surface area (Å²) in [5.41, 5.74) is 4.39. The second-order valence-corrected chi connectivity index (χ2v) is 6.84. The highest BCUT2D eigenvalue weighted by atomic mass is 32.1. The van der Waals surface area contributed by atoms with Crippen LogP contribution in [0.3, 0.4) is 0 Å². The third-order valence-electron chi connectivity index (χ3n) is 4.52. The highest BCUT2D eigenvalue weighted by Crippen LogP contribution is 2.32. The van der Waals surface area contributed by atoms with Crippen molar-refractivity contribution in [2.45, 2.75) is 6.92 Å². The number of aryl methyl sites for hydroxylation is 1. The number of hydrogen-bond acceptors (Lipinski definition) is 2. The molecule has 132 valence electrons. The minimum absolute atomic E-state index is 0.173. The monoisotopic (exact) mass is 370 g/mol. The molecule has 1 amide bonds. The fraction of sp³-hybridized carbons (Fsp3) is 0.0435. The molecular weight excluding hydrogens is 352 g/mol. The Bertz CT molecular complexity index is 1180. The zero-order valence-electron chi connectivity index (χ0n) is 14.8. The Morgan fingerprint density at radius 2 is 1.56 bits per heavy atom. The Morgan fingerprint density at radius 1 is 0.889 bits per heavy atom. The molecule has 4 heteroatoms. The number of pyridine rings is 1. The number of carbonyl (C=O) groups excluding carboxylic acids is 1. The van der Waals surface area contributed by atoms with Crippen LogP contribution in [0.5, 0.6) is 0 Å². The predicted octanol–water partition coefficient (Wildman–Crippen LogP) is 6.13. The first-order valence-electron chi connectivity index (χ1n) is 8.72. The standard InChI is InChI=1S/C23H18N2OS/c1-15-11-13-17(14-12-15)23(26)25-22-20(16-7-3-2-4-8-16)21(27)18-9-5-6-10-19(18)24-22/h2-14H,1H3,(H2,24,25,26,27). The lowest BCUT2D eigenvalue weighted by Gasteiger charge is -2.14. The van der Waals surface area contributed by atoms with Gasteiger partial charge in [0.2, 0.25) is 0 Å². The van der Waals surface area contributed by atoms with Crippen molar-refractivity contribution < 1.29 is 4.79 Å². The summed E-state index contributed by atoms with van der Waals surface area (Å²) in [4.78, 5) is 16.1. The summed E-state index contributed by atoms with van der Waals surface area (Å²) in [6, 6.07) is 25.2. The number of benzene rings is 3. The van der Waals surface area contributed by atoms with Crippen LogP contribution in [0.4, 0.5) is 5.82 Å². The first kappa shape index (κ1) is 17.2. The molecule has 3 nitrogen and oxygen atoms in total. The van der Waals surface area contributed by atoms with E-state index in [1.807, 2.05) is 85.8 Å². The SMILES string of the molecule is Cc1ccc(C(=O)Nc2[nH]c3ccccc3c(=S)c2-c2ccccc2)cc1. The van der Waals surface area contributed by atoms with Gasteiger partial charge < -0.3 is 10.3 Å². The number of fused-ring (bicyclic) bond motifs is 1. The molecule has 0 fully saturated rings. The van der Waals surface area contributed by atoms with Crippen molar-refractivity contribution in [1.82, 2.24) is 4.98 Å². The number of anilines is 1. The maximum atomic E-state index is 12.8. The van der Waals surface area contributed by atoms with Crippen LogP contribution in [0.25, 0.3) is 22.0 Å². The molecule has 1 aromatic heterocycles. The molecule has 2 N–H and O–H groups in total. The lowest BCUT2D eigenvalue weighted by molar-refractivity contribution is 0.102. The number of rotatable bonds is 3. The van der Waals surface area contributed by atoms with E-state index in [0.29, 0.717) is 11.4 Å². The Labute approximate surface area is 162 Å². The van der Waals surface area contributed by atoms with E-state index in [-0.39, 0.29) is 5.91 Å². The third-order valence-corrected chi connectivity index (χ3v) is 4.95. The molecule has 0 bridgehead atoms. The molecule has 0 aliphatic carbocycles. The van der Waals surface area contributed by atoms with E-state index in [1.54, 1.807) is 0 Å². The summed E-state index contributed by atoms with van der Waals surface area (Å²) in [7, 11) is 0. The lowest BCUT2D eigenvalue weighted by atomic mass is 10.0. The molecule has 0 aliphatic heterocycles. The van der Waals surface area contributed by atoms with E-state index >= 15 is 0 Å². The second kappa shape index (κ2) is 7.17. The van der Waals surface area contributed by atoms with Gasteiger partial charge in [-0.1, -0.05) is 78.4 Å². The topological polar surface area (TPSA) is 44.9 Å². The molecule has 1 heterocycles. The van der Waals surface area contributed by atoms with Crippen LogP contribution in [0.2, 0.25) is 0 Å². The van der Waals surface area contributed by atoms with Crippen molar-refractivity contribution >= 4 is 34.8 Å². The second-order valence-electron chi connectivity index (χ2n) is 6.44. The average Bonchev–Trinajstić information content (AvgIpc) is 2.69. The Morgan fingerprint density at radius 3 is 2.30 bits per heavy atom. The van der Waals surface area contributed by atoms with Crippen molar-refractivity contribution in [1.29, 1.82) is 0 Å². The fourth-order valence-corrected chi connectivity index (χ4v) is 3.50. The number of para-hydroxylation sites is 1. The Hall–Kier alpha value is -3.24. The van der Waals surface area contributed by atoms with Crippen molar-refractivity contribution in [3.63, 3.8) is 0 Å². The van der Waals surface area contributed by atoms with E-state index < -0.39 is 0 Å². The van der Waals surface area contributed by atoms with Gasteiger partial charge in [-0.25, -0.2) is 0 Å². The van der Waals surface area contributed by atoms with E-state index in [9.17, 15) is 4.79 Å². The van der Waals surface area contributed by atoms with Gasteiger partial charge in [-0.15, -0.1) is 0 Å². The minimum Gasteiger partial charge on any atom is -0.341 e. The molecular formula is C23H18N2OS. The fourth-order valence-electron chi connectivity index (χ4n) is 3.10. The number of aromatic nitrogens is 1. The molecule has 0 atom stereocenters. The molecule has 4 rings (SSSR count). The van der Waals surface area contributed by atoms with E-state index in [2.05, 4.69) is 10.3 Å². The van der Waals surface area contributed by atoms with Gasteiger partial charge in [0.05, 0.1) is 4.51 Å². The quantitative estimate of drug-likeness (QED) is 0.426. The van der Waals surface area contributed by atoms with Gasteiger partial charge in [-0.05, 0) is 30.7 Å². The molecule has 0 saturated heterocycles. The highest BCUT2D eigenvalue weighted by Gasteiger charge is 2.14. The summed E-state index contributed by atoms with van der Waals surface area (Å²) in [6.07, 6.45) is 0. The largest absolute Gasteiger partial charge is 0.341 e. The number of carbonyl (C=O) groups is 1. The predicted molar refractivity (Wildman–Crippen MR) is 114 cm³/mol. The normalized spacial score (nSPS) is 10.7. The molecule has 3 aromatic carbocycles. The summed E-state index contributed by atoms with van der Waals surface area (Å²) in [5, 5.41) is 3.97. The van der Waals surface area contributed by atoms with Crippen molar-refractivity contribution in [3.05, 3.63) is 94.5 Å². The summed E-state index contributed by atoms with van der Waals surface area (Å²) >= 11 is 5.78. The van der Waals surface area contributed by atoms with E-state index in [4.69, 9.17) is 12.2 Å². The molecule has 0 aliphatic rings. The summed E-state index contributed by atoms with van der Waals surface area (Å²) < 4.78 is 0.717. The third kappa shape index (κ3) is 3.39. The van der Waals surface area contributed by atoms with Crippen LogP contribution < -0.4 is 5.32 Å².